The zero-order valence-electron chi connectivity index (χ0n) is 16.8. The van der Waals surface area contributed by atoms with E-state index in [1.807, 2.05) is 41.0 Å². The van der Waals surface area contributed by atoms with E-state index in [1.165, 1.54) is 17.8 Å². The van der Waals surface area contributed by atoms with Gasteiger partial charge in [0.15, 0.2) is 5.16 Å². The molecule has 0 spiro atoms. The van der Waals surface area contributed by atoms with Crippen molar-refractivity contribution in [1.29, 1.82) is 0 Å². The summed E-state index contributed by atoms with van der Waals surface area (Å²) in [5, 5.41) is 14.4. The van der Waals surface area contributed by atoms with Gasteiger partial charge in [-0.2, -0.15) is 0 Å². The molecule has 1 heterocycles. The summed E-state index contributed by atoms with van der Waals surface area (Å²) in [6.07, 6.45) is 0. The Morgan fingerprint density at radius 2 is 1.81 bits per heavy atom. The molecule has 0 atom stereocenters. The quantitative estimate of drug-likeness (QED) is 0.240. The number of aromatic nitrogens is 2. The van der Waals surface area contributed by atoms with E-state index in [9.17, 15) is 9.90 Å². The number of thioether (sulfide) groups is 1. The lowest BCUT2D eigenvalue weighted by atomic mass is 10.3. The van der Waals surface area contributed by atoms with Crippen molar-refractivity contribution in [1.82, 2.24) is 9.55 Å². The second kappa shape index (κ2) is 10.2. The summed E-state index contributed by atoms with van der Waals surface area (Å²) in [7, 11) is 0. The van der Waals surface area contributed by atoms with Crippen molar-refractivity contribution in [2.45, 2.75) is 11.7 Å². The molecule has 0 saturated heterocycles. The van der Waals surface area contributed by atoms with Gasteiger partial charge in [0.25, 0.3) is 0 Å². The Bertz CT molecular complexity index is 1250. The SMILES string of the molecule is O=C(CSc1nc2ccccc2n1CCOc1ccc(Cl)cc1)Nc1ccc(Cl)cc1O. The van der Waals surface area contributed by atoms with Crippen LogP contribution in [0.2, 0.25) is 10.0 Å². The van der Waals surface area contributed by atoms with E-state index in [0.717, 1.165) is 16.8 Å². The summed E-state index contributed by atoms with van der Waals surface area (Å²) >= 11 is 13.1. The number of ether oxygens (including phenoxy) is 1. The number of para-hydroxylation sites is 2. The highest BCUT2D eigenvalue weighted by molar-refractivity contribution is 7.99. The highest BCUT2D eigenvalue weighted by atomic mass is 35.5. The first-order valence-electron chi connectivity index (χ1n) is 9.74. The number of nitrogens with one attached hydrogen (secondary N) is 1. The number of nitrogens with zero attached hydrogens (tertiary/aromatic N) is 2. The van der Waals surface area contributed by atoms with Crippen molar-refractivity contribution in [2.75, 3.05) is 17.7 Å². The number of rotatable bonds is 8. The fourth-order valence-corrected chi connectivity index (χ4v) is 4.23. The van der Waals surface area contributed by atoms with Crippen LogP contribution in [0.5, 0.6) is 11.5 Å². The topological polar surface area (TPSA) is 76.4 Å². The smallest absolute Gasteiger partial charge is 0.234 e. The van der Waals surface area contributed by atoms with Crippen LogP contribution in [0.1, 0.15) is 0 Å². The first-order valence-corrected chi connectivity index (χ1v) is 11.5. The number of benzene rings is 3. The molecule has 9 heteroatoms. The van der Waals surface area contributed by atoms with Gasteiger partial charge in [0.2, 0.25) is 5.91 Å². The van der Waals surface area contributed by atoms with Crippen molar-refractivity contribution in [3.05, 3.63) is 76.8 Å². The van der Waals surface area contributed by atoms with Crippen molar-refractivity contribution in [2.24, 2.45) is 0 Å². The Hall–Kier alpha value is -2.87. The van der Waals surface area contributed by atoms with Crippen LogP contribution in [0.4, 0.5) is 5.69 Å². The summed E-state index contributed by atoms with van der Waals surface area (Å²) in [6, 6.07) is 19.5. The summed E-state index contributed by atoms with van der Waals surface area (Å²) in [6.45, 7) is 0.992. The average molecular weight is 488 g/mol. The molecule has 0 bridgehead atoms. The van der Waals surface area contributed by atoms with Gasteiger partial charge in [0, 0.05) is 16.1 Å². The molecular weight excluding hydrogens is 469 g/mol. The second-order valence-corrected chi connectivity index (χ2v) is 8.65. The third-order valence-electron chi connectivity index (χ3n) is 4.58. The van der Waals surface area contributed by atoms with Gasteiger partial charge in [-0.3, -0.25) is 4.79 Å². The van der Waals surface area contributed by atoms with Crippen molar-refractivity contribution in [3.8, 4) is 11.5 Å². The van der Waals surface area contributed by atoms with Gasteiger partial charge < -0.3 is 19.7 Å². The Morgan fingerprint density at radius 3 is 2.59 bits per heavy atom. The van der Waals surface area contributed by atoms with Crippen molar-refractivity contribution in [3.63, 3.8) is 0 Å². The molecule has 4 rings (SSSR count). The van der Waals surface area contributed by atoms with Crippen LogP contribution in [-0.4, -0.2) is 32.9 Å². The Kier molecular flexibility index (Phi) is 7.09. The lowest BCUT2D eigenvalue weighted by Gasteiger charge is -2.11. The molecule has 164 valence electrons. The summed E-state index contributed by atoms with van der Waals surface area (Å²) < 4.78 is 7.86. The van der Waals surface area contributed by atoms with Crippen LogP contribution in [-0.2, 0) is 11.3 Å². The standard InChI is InChI=1S/C23H19Cl2N3O3S/c24-15-5-8-17(9-6-15)31-12-11-28-20-4-2-1-3-18(20)27-23(28)32-14-22(30)26-19-10-7-16(25)13-21(19)29/h1-10,13,29H,11-12,14H2,(H,26,30). The van der Waals surface area contributed by atoms with Gasteiger partial charge in [-0.1, -0.05) is 47.1 Å². The predicted molar refractivity (Wildman–Crippen MR) is 129 cm³/mol. The number of carbonyl (C=O) groups is 1. The van der Waals surface area contributed by atoms with E-state index >= 15 is 0 Å². The highest BCUT2D eigenvalue weighted by Crippen LogP contribution is 2.28. The van der Waals surface area contributed by atoms with Gasteiger partial charge in [0.05, 0.1) is 29.0 Å². The number of aromatic hydroxyl groups is 1. The minimum atomic E-state index is -0.261. The second-order valence-electron chi connectivity index (χ2n) is 6.84. The van der Waals surface area contributed by atoms with Crippen molar-refractivity contribution < 1.29 is 14.6 Å². The molecule has 0 fully saturated rings. The molecule has 3 aromatic carbocycles. The van der Waals surface area contributed by atoms with Crippen LogP contribution in [0.15, 0.2) is 71.9 Å². The molecule has 0 radical (unpaired) electrons. The maximum absolute atomic E-state index is 12.4. The fraction of sp³-hybridized carbons (Fsp3) is 0.130. The van der Waals surface area contributed by atoms with Crippen LogP contribution in [0.25, 0.3) is 11.0 Å². The number of imidazole rings is 1. The lowest BCUT2D eigenvalue weighted by molar-refractivity contribution is -0.113. The van der Waals surface area contributed by atoms with Gasteiger partial charge >= 0.3 is 0 Å². The summed E-state index contributed by atoms with van der Waals surface area (Å²) in [5.41, 5.74) is 2.12. The minimum absolute atomic E-state index is 0.0811. The third kappa shape index (κ3) is 5.48. The molecule has 0 aliphatic heterocycles. The van der Waals surface area contributed by atoms with E-state index in [2.05, 4.69) is 10.3 Å². The molecule has 0 aliphatic rings. The van der Waals surface area contributed by atoms with Crippen LogP contribution in [0, 0.1) is 0 Å². The van der Waals surface area contributed by atoms with Gasteiger partial charge in [0.1, 0.15) is 18.1 Å². The number of halogens is 2. The molecule has 0 saturated carbocycles. The predicted octanol–water partition coefficient (Wildman–Crippen LogP) is 5.86. The molecule has 1 aromatic heterocycles. The van der Waals surface area contributed by atoms with Crippen molar-refractivity contribution >= 4 is 57.6 Å². The normalized spacial score (nSPS) is 10.9. The first-order chi connectivity index (χ1) is 15.5. The van der Waals surface area contributed by atoms with E-state index in [-0.39, 0.29) is 17.4 Å². The molecule has 32 heavy (non-hydrogen) atoms. The zero-order valence-corrected chi connectivity index (χ0v) is 19.1. The monoisotopic (exact) mass is 487 g/mol. The van der Waals surface area contributed by atoms with Gasteiger partial charge in [-0.05, 0) is 48.5 Å². The molecule has 2 N–H and O–H groups in total. The Labute approximate surface area is 199 Å². The highest BCUT2D eigenvalue weighted by Gasteiger charge is 2.14. The molecule has 0 unspecified atom stereocenters. The number of phenols is 1. The number of anilines is 1. The molecular formula is C23H19Cl2N3O3S. The van der Waals surface area contributed by atoms with Crippen LogP contribution in [0.3, 0.4) is 0 Å². The minimum Gasteiger partial charge on any atom is -0.506 e. The van der Waals surface area contributed by atoms with Crippen LogP contribution < -0.4 is 10.1 Å². The summed E-state index contributed by atoms with van der Waals surface area (Å²) in [5.74, 6) is 0.518. The maximum atomic E-state index is 12.4. The van der Waals surface area contributed by atoms with Gasteiger partial charge in [-0.15, -0.1) is 0 Å². The van der Waals surface area contributed by atoms with E-state index in [1.54, 1.807) is 24.3 Å². The number of hydrogen-bond acceptors (Lipinski definition) is 5. The summed E-state index contributed by atoms with van der Waals surface area (Å²) in [4.78, 5) is 17.1. The lowest BCUT2D eigenvalue weighted by Crippen LogP contribution is -2.15. The maximum Gasteiger partial charge on any atom is 0.234 e. The number of hydrogen-bond donors (Lipinski definition) is 2. The van der Waals surface area contributed by atoms with Crippen LogP contribution >= 0.6 is 35.0 Å². The largest absolute Gasteiger partial charge is 0.506 e. The van der Waals surface area contributed by atoms with E-state index < -0.39 is 0 Å². The Morgan fingerprint density at radius 1 is 1.06 bits per heavy atom. The number of fused-ring (bicyclic) bond motifs is 1. The van der Waals surface area contributed by atoms with E-state index in [0.29, 0.717) is 34.0 Å². The first kappa shape index (κ1) is 22.3. The Balaban J connectivity index is 1.43. The molecule has 4 aromatic rings. The zero-order chi connectivity index (χ0) is 22.5. The van der Waals surface area contributed by atoms with E-state index in [4.69, 9.17) is 27.9 Å². The number of amides is 1. The fourth-order valence-electron chi connectivity index (χ4n) is 3.09. The molecule has 0 aliphatic carbocycles. The average Bonchev–Trinajstić information content (AvgIpc) is 3.13. The van der Waals surface area contributed by atoms with Gasteiger partial charge in [-0.25, -0.2) is 4.98 Å². The third-order valence-corrected chi connectivity index (χ3v) is 6.05. The molecule has 1 amide bonds. The molecule has 6 nitrogen and oxygen atoms in total. The number of phenolic OH excluding ortho intramolecular Hbond substituents is 1. The number of carbonyl (C=O) groups excluding carboxylic acids is 1.